The first kappa shape index (κ1) is 11.8. The van der Waals surface area contributed by atoms with Gasteiger partial charge < -0.3 is 9.85 Å². The van der Waals surface area contributed by atoms with Gasteiger partial charge in [0.15, 0.2) is 0 Å². The first-order chi connectivity index (χ1) is 5.21. The zero-order valence-corrected chi connectivity index (χ0v) is 8.52. The Bertz CT molecular complexity index is 217. The Labute approximate surface area is 73.6 Å². The van der Waals surface area contributed by atoms with Crippen LogP contribution in [0, 0.1) is 5.21 Å². The van der Waals surface area contributed by atoms with Crippen LogP contribution in [0.4, 0.5) is 0 Å². The van der Waals surface area contributed by atoms with Crippen molar-refractivity contribution in [3.8, 4) is 0 Å². The van der Waals surface area contributed by atoms with E-state index in [9.17, 15) is 13.6 Å². The quantitative estimate of drug-likeness (QED) is 0.366. The standard InChI is InChI=1S/C6H16N2O3S/c1-8(2,9)6-4-5-7-12(3,10)11/h7H,4-6H2,1-3H3. The van der Waals surface area contributed by atoms with Crippen LogP contribution in [-0.4, -0.2) is 46.5 Å². The lowest BCUT2D eigenvalue weighted by molar-refractivity contribution is -0.840. The lowest BCUT2D eigenvalue weighted by Gasteiger charge is -2.33. The summed E-state index contributed by atoms with van der Waals surface area (Å²) in [5.74, 6) is 0. The van der Waals surface area contributed by atoms with Gasteiger partial charge in [-0.1, -0.05) is 0 Å². The van der Waals surface area contributed by atoms with Gasteiger partial charge in [0.05, 0.1) is 26.9 Å². The second kappa shape index (κ2) is 4.18. The number of hydrogen-bond acceptors (Lipinski definition) is 3. The molecular formula is C6H16N2O3S. The molecule has 0 aromatic heterocycles. The first-order valence-corrected chi connectivity index (χ1v) is 5.58. The number of nitrogens with zero attached hydrogens (tertiary/aromatic N) is 1. The zero-order chi connectivity index (χ0) is 9.83. The average molecular weight is 196 g/mol. The Kier molecular flexibility index (Phi) is 4.12. The zero-order valence-electron chi connectivity index (χ0n) is 7.70. The van der Waals surface area contributed by atoms with E-state index < -0.39 is 10.0 Å². The molecule has 0 unspecified atom stereocenters. The van der Waals surface area contributed by atoms with E-state index in [2.05, 4.69) is 4.72 Å². The minimum Gasteiger partial charge on any atom is -0.633 e. The van der Waals surface area contributed by atoms with Crippen LogP contribution in [0.1, 0.15) is 6.42 Å². The highest BCUT2D eigenvalue weighted by Crippen LogP contribution is 1.93. The molecule has 0 fully saturated rings. The normalized spacial score (nSPS) is 13.3. The molecule has 0 aliphatic heterocycles. The summed E-state index contributed by atoms with van der Waals surface area (Å²) >= 11 is 0. The largest absolute Gasteiger partial charge is 0.633 e. The minimum atomic E-state index is -3.10. The summed E-state index contributed by atoms with van der Waals surface area (Å²) in [6.07, 6.45) is 1.66. The van der Waals surface area contributed by atoms with E-state index in [1.165, 1.54) is 14.1 Å². The molecule has 5 nitrogen and oxygen atoms in total. The molecule has 0 saturated heterocycles. The van der Waals surface area contributed by atoms with Crippen molar-refractivity contribution >= 4 is 10.0 Å². The molecule has 0 atom stereocenters. The lowest BCUT2D eigenvalue weighted by Crippen LogP contribution is -2.35. The van der Waals surface area contributed by atoms with Crippen molar-refractivity contribution in [1.82, 2.24) is 4.72 Å². The highest BCUT2D eigenvalue weighted by Gasteiger charge is 2.03. The van der Waals surface area contributed by atoms with Crippen LogP contribution in [0.15, 0.2) is 0 Å². The molecule has 0 rings (SSSR count). The summed E-state index contributed by atoms with van der Waals surface area (Å²) in [6.45, 7) is 0.755. The van der Waals surface area contributed by atoms with Gasteiger partial charge in [-0.3, -0.25) is 0 Å². The van der Waals surface area contributed by atoms with Gasteiger partial charge in [-0.05, 0) is 0 Å². The van der Waals surface area contributed by atoms with Crippen LogP contribution in [0.3, 0.4) is 0 Å². The second-order valence-electron chi connectivity index (χ2n) is 3.32. The molecule has 1 N–H and O–H groups in total. The van der Waals surface area contributed by atoms with Gasteiger partial charge in [-0.2, -0.15) is 0 Å². The van der Waals surface area contributed by atoms with Crippen molar-refractivity contribution in [3.05, 3.63) is 5.21 Å². The van der Waals surface area contributed by atoms with Crippen molar-refractivity contribution in [2.45, 2.75) is 6.42 Å². The molecule has 12 heavy (non-hydrogen) atoms. The Morgan fingerprint density at radius 2 is 1.92 bits per heavy atom. The van der Waals surface area contributed by atoms with Gasteiger partial charge in [-0.25, -0.2) is 13.1 Å². The van der Waals surface area contributed by atoms with E-state index in [0.29, 0.717) is 19.5 Å². The van der Waals surface area contributed by atoms with Gasteiger partial charge in [0, 0.05) is 13.0 Å². The number of hydrogen-bond donors (Lipinski definition) is 1. The van der Waals surface area contributed by atoms with Gasteiger partial charge in [0.1, 0.15) is 0 Å². The minimum absolute atomic E-state index is 0.336. The van der Waals surface area contributed by atoms with Crippen molar-refractivity contribution in [2.24, 2.45) is 0 Å². The number of rotatable bonds is 5. The Morgan fingerprint density at radius 3 is 2.25 bits per heavy atom. The van der Waals surface area contributed by atoms with Gasteiger partial charge >= 0.3 is 0 Å². The number of quaternary nitrogens is 1. The summed E-state index contributed by atoms with van der Waals surface area (Å²) in [5, 5.41) is 11.0. The molecule has 74 valence electrons. The third-order valence-electron chi connectivity index (χ3n) is 1.24. The molecule has 0 aromatic rings. The summed E-state index contributed by atoms with van der Waals surface area (Å²) in [4.78, 5) is 0. The Hall–Kier alpha value is -0.170. The van der Waals surface area contributed by atoms with Crippen LogP contribution in [0.5, 0.6) is 0 Å². The smallest absolute Gasteiger partial charge is 0.208 e. The first-order valence-electron chi connectivity index (χ1n) is 3.69. The predicted molar refractivity (Wildman–Crippen MR) is 47.8 cm³/mol. The highest BCUT2D eigenvalue weighted by molar-refractivity contribution is 7.88. The van der Waals surface area contributed by atoms with E-state index in [4.69, 9.17) is 0 Å². The Morgan fingerprint density at radius 1 is 1.42 bits per heavy atom. The fraction of sp³-hybridized carbons (Fsp3) is 1.00. The van der Waals surface area contributed by atoms with E-state index in [0.717, 1.165) is 6.26 Å². The third kappa shape index (κ3) is 9.83. The molecular weight excluding hydrogens is 180 g/mol. The predicted octanol–water partition coefficient (Wildman–Crippen LogP) is -0.500. The van der Waals surface area contributed by atoms with Crippen LogP contribution in [-0.2, 0) is 10.0 Å². The molecule has 0 saturated carbocycles. The average Bonchev–Trinajstić information content (AvgIpc) is 1.76. The van der Waals surface area contributed by atoms with Crippen molar-refractivity contribution < 1.29 is 13.1 Å². The molecule has 6 heteroatoms. The lowest BCUT2D eigenvalue weighted by atomic mass is 10.4. The molecule has 0 spiro atoms. The second-order valence-corrected chi connectivity index (χ2v) is 5.15. The molecule has 0 radical (unpaired) electrons. The molecule has 0 aliphatic rings. The maximum Gasteiger partial charge on any atom is 0.208 e. The van der Waals surface area contributed by atoms with Crippen molar-refractivity contribution in [1.29, 1.82) is 0 Å². The van der Waals surface area contributed by atoms with Crippen LogP contribution >= 0.6 is 0 Å². The van der Waals surface area contributed by atoms with Gasteiger partial charge in [0.25, 0.3) is 0 Å². The van der Waals surface area contributed by atoms with Crippen LogP contribution < -0.4 is 4.72 Å². The number of nitrogens with one attached hydrogen (secondary N) is 1. The van der Waals surface area contributed by atoms with Gasteiger partial charge in [0.2, 0.25) is 10.0 Å². The molecule has 0 aromatic carbocycles. The number of hydroxylamine groups is 3. The summed E-state index contributed by atoms with van der Waals surface area (Å²) in [6, 6.07) is 0. The topological polar surface area (TPSA) is 69.2 Å². The fourth-order valence-corrected chi connectivity index (χ4v) is 1.23. The molecule has 0 aliphatic carbocycles. The Balaban J connectivity index is 3.48. The van der Waals surface area contributed by atoms with Crippen LogP contribution in [0.2, 0.25) is 0 Å². The van der Waals surface area contributed by atoms with E-state index in [1.807, 2.05) is 0 Å². The third-order valence-corrected chi connectivity index (χ3v) is 1.97. The fourth-order valence-electron chi connectivity index (χ4n) is 0.717. The highest BCUT2D eigenvalue weighted by atomic mass is 32.2. The molecule has 0 bridgehead atoms. The van der Waals surface area contributed by atoms with E-state index >= 15 is 0 Å². The van der Waals surface area contributed by atoms with Crippen molar-refractivity contribution in [2.75, 3.05) is 33.4 Å². The summed E-state index contributed by atoms with van der Waals surface area (Å²) in [7, 11) is -0.0444. The van der Waals surface area contributed by atoms with Crippen molar-refractivity contribution in [3.63, 3.8) is 0 Å². The number of sulfonamides is 1. The van der Waals surface area contributed by atoms with Crippen LogP contribution in [0.25, 0.3) is 0 Å². The SMILES string of the molecule is C[N+](C)([O-])CCCNS(C)(=O)=O. The summed E-state index contributed by atoms with van der Waals surface area (Å²) in [5.41, 5.74) is 0. The maximum atomic E-state index is 11.0. The van der Waals surface area contributed by atoms with Gasteiger partial charge in [-0.15, -0.1) is 0 Å². The summed E-state index contributed by atoms with van der Waals surface area (Å²) < 4.78 is 23.1. The molecule has 0 amide bonds. The molecule has 0 heterocycles. The maximum absolute atomic E-state index is 11.0. The van der Waals surface area contributed by atoms with E-state index in [-0.39, 0.29) is 4.65 Å². The van der Waals surface area contributed by atoms with E-state index in [1.54, 1.807) is 0 Å². The monoisotopic (exact) mass is 196 g/mol.